The predicted molar refractivity (Wildman–Crippen MR) is 79.4 cm³/mol. The second-order valence-corrected chi connectivity index (χ2v) is 5.12. The van der Waals surface area contributed by atoms with Crippen molar-refractivity contribution in [1.82, 2.24) is 0 Å². The number of benzene rings is 1. The first-order valence-electron chi connectivity index (χ1n) is 5.92. The van der Waals surface area contributed by atoms with E-state index in [1.54, 1.807) is 0 Å². The van der Waals surface area contributed by atoms with Gasteiger partial charge in [-0.1, -0.05) is 25.1 Å². The second kappa shape index (κ2) is 7.66. The van der Waals surface area contributed by atoms with Gasteiger partial charge in [0.25, 0.3) is 0 Å². The monoisotopic (exact) mass is 379 g/mol. The van der Waals surface area contributed by atoms with Crippen LogP contribution in [0, 0.1) is 3.57 Å². The molecule has 0 aromatic heterocycles. The zero-order valence-corrected chi connectivity index (χ0v) is 13.2. The number of hydrogen-bond donors (Lipinski definition) is 1. The van der Waals surface area contributed by atoms with Crippen molar-refractivity contribution in [3.05, 3.63) is 33.4 Å². The van der Waals surface area contributed by atoms with Gasteiger partial charge in [0.2, 0.25) is 5.79 Å². The molecule has 6 heteroatoms. The van der Waals surface area contributed by atoms with Crippen LogP contribution in [-0.4, -0.2) is 20.0 Å². The van der Waals surface area contributed by atoms with Crippen molar-refractivity contribution in [1.29, 1.82) is 0 Å². The smallest absolute Gasteiger partial charge is 0.407 e. The van der Waals surface area contributed by atoms with Crippen LogP contribution in [0.4, 0.5) is 4.79 Å². The summed E-state index contributed by atoms with van der Waals surface area (Å²) in [4.78, 5) is 11.2. The molecular weight excluding hydrogens is 361 g/mol. The van der Waals surface area contributed by atoms with E-state index >= 15 is 0 Å². The summed E-state index contributed by atoms with van der Waals surface area (Å²) in [7, 11) is 1.51. The molecular formula is C13H18INO4. The van der Waals surface area contributed by atoms with E-state index in [0.29, 0.717) is 6.42 Å². The van der Waals surface area contributed by atoms with Gasteiger partial charge in [0.15, 0.2) is 6.79 Å². The molecule has 0 fully saturated rings. The van der Waals surface area contributed by atoms with Crippen LogP contribution >= 0.6 is 22.6 Å². The van der Waals surface area contributed by atoms with E-state index in [4.69, 9.17) is 19.9 Å². The first kappa shape index (κ1) is 16.2. The fourth-order valence-corrected chi connectivity index (χ4v) is 2.63. The van der Waals surface area contributed by atoms with Crippen LogP contribution in [0.1, 0.15) is 25.3 Å². The van der Waals surface area contributed by atoms with E-state index in [0.717, 1.165) is 15.6 Å². The summed E-state index contributed by atoms with van der Waals surface area (Å²) in [6.45, 7) is 1.99. The van der Waals surface area contributed by atoms with Gasteiger partial charge < -0.3 is 19.9 Å². The highest BCUT2D eigenvalue weighted by molar-refractivity contribution is 14.1. The van der Waals surface area contributed by atoms with E-state index < -0.39 is 11.9 Å². The molecule has 0 spiro atoms. The second-order valence-electron chi connectivity index (χ2n) is 3.95. The molecule has 0 heterocycles. The van der Waals surface area contributed by atoms with Gasteiger partial charge in [-0.15, -0.1) is 0 Å². The summed E-state index contributed by atoms with van der Waals surface area (Å²) < 4.78 is 16.8. The number of carbonyl (C=O) groups is 1. The number of amides is 1. The number of nitrogens with two attached hydrogens (primary N) is 1. The molecule has 1 aromatic carbocycles. The predicted octanol–water partition coefficient (Wildman–Crippen LogP) is 2.96. The zero-order chi connectivity index (χ0) is 14.3. The molecule has 1 rings (SSSR count). The summed E-state index contributed by atoms with van der Waals surface area (Å²) in [6, 6.07) is 7.54. The number of primary amides is 1. The third-order valence-electron chi connectivity index (χ3n) is 2.54. The number of halogens is 1. The molecule has 1 amide bonds. The Bertz CT molecular complexity index is 427. The Labute approximate surface area is 126 Å². The zero-order valence-electron chi connectivity index (χ0n) is 11.0. The van der Waals surface area contributed by atoms with Gasteiger partial charge in [-0.2, -0.15) is 0 Å². The van der Waals surface area contributed by atoms with Gasteiger partial charge in [-0.05, 0) is 35.1 Å². The summed E-state index contributed by atoms with van der Waals surface area (Å²) in [5, 5.41) is 0. The minimum atomic E-state index is -1.20. The van der Waals surface area contributed by atoms with E-state index in [2.05, 4.69) is 22.6 Å². The van der Waals surface area contributed by atoms with Crippen molar-refractivity contribution in [3.63, 3.8) is 0 Å². The highest BCUT2D eigenvalue weighted by Crippen LogP contribution is 2.35. The molecule has 106 valence electrons. The van der Waals surface area contributed by atoms with Gasteiger partial charge in [0.1, 0.15) is 0 Å². The third kappa shape index (κ3) is 4.32. The molecule has 0 saturated carbocycles. The summed E-state index contributed by atoms with van der Waals surface area (Å²) in [6.07, 6.45) is 0.394. The average molecular weight is 379 g/mol. The molecule has 5 nitrogen and oxygen atoms in total. The van der Waals surface area contributed by atoms with Crippen molar-refractivity contribution in [2.75, 3.05) is 13.9 Å². The van der Waals surface area contributed by atoms with Crippen LogP contribution in [0.15, 0.2) is 24.3 Å². The van der Waals surface area contributed by atoms with Gasteiger partial charge in [0, 0.05) is 22.7 Å². The first-order valence-corrected chi connectivity index (χ1v) is 7.00. The lowest BCUT2D eigenvalue weighted by Crippen LogP contribution is -2.38. The fraction of sp³-hybridized carbons (Fsp3) is 0.462. The highest BCUT2D eigenvalue weighted by atomic mass is 127. The SMILES string of the molecule is CCC[C@@](OCOC)(OC(N)=O)c1ccccc1I. The fourth-order valence-electron chi connectivity index (χ4n) is 1.84. The van der Waals surface area contributed by atoms with Gasteiger partial charge in [-0.3, -0.25) is 0 Å². The normalized spacial score (nSPS) is 13.8. The number of rotatable bonds is 7. The van der Waals surface area contributed by atoms with Crippen LogP contribution in [0.5, 0.6) is 0 Å². The van der Waals surface area contributed by atoms with Crippen LogP contribution in [-0.2, 0) is 20.0 Å². The summed E-state index contributed by atoms with van der Waals surface area (Å²) in [5.41, 5.74) is 5.96. The third-order valence-corrected chi connectivity index (χ3v) is 3.48. The number of hydrogen-bond acceptors (Lipinski definition) is 4. The number of ether oxygens (including phenoxy) is 3. The largest absolute Gasteiger partial charge is 0.412 e. The molecule has 19 heavy (non-hydrogen) atoms. The van der Waals surface area contributed by atoms with Crippen molar-refractivity contribution in [2.45, 2.75) is 25.6 Å². The molecule has 1 aromatic rings. The summed E-state index contributed by atoms with van der Waals surface area (Å²) >= 11 is 2.17. The Morgan fingerprint density at radius 2 is 2.11 bits per heavy atom. The lowest BCUT2D eigenvalue weighted by molar-refractivity contribution is -0.252. The molecule has 0 radical (unpaired) electrons. The van der Waals surface area contributed by atoms with Crippen LogP contribution in [0.25, 0.3) is 0 Å². The van der Waals surface area contributed by atoms with E-state index in [9.17, 15) is 4.79 Å². The molecule has 0 aliphatic rings. The Balaban J connectivity index is 3.20. The van der Waals surface area contributed by atoms with Crippen LogP contribution < -0.4 is 5.73 Å². The van der Waals surface area contributed by atoms with Crippen LogP contribution in [0.3, 0.4) is 0 Å². The minimum Gasteiger partial charge on any atom is -0.412 e. The Hall–Kier alpha value is -0.860. The van der Waals surface area contributed by atoms with Crippen LogP contribution in [0.2, 0.25) is 0 Å². The van der Waals surface area contributed by atoms with Crippen molar-refractivity contribution >= 4 is 28.7 Å². The van der Waals surface area contributed by atoms with Crippen molar-refractivity contribution in [2.24, 2.45) is 5.73 Å². The highest BCUT2D eigenvalue weighted by Gasteiger charge is 2.38. The molecule has 0 unspecified atom stereocenters. The minimum absolute atomic E-state index is 0.0122. The quantitative estimate of drug-likeness (QED) is 0.584. The molecule has 0 aliphatic carbocycles. The summed E-state index contributed by atoms with van der Waals surface area (Å²) in [5.74, 6) is -1.20. The maximum absolute atomic E-state index is 11.2. The van der Waals surface area contributed by atoms with E-state index in [1.165, 1.54) is 7.11 Å². The van der Waals surface area contributed by atoms with E-state index in [-0.39, 0.29) is 6.79 Å². The molecule has 0 saturated heterocycles. The average Bonchev–Trinajstić information content (AvgIpc) is 2.36. The molecule has 2 N–H and O–H groups in total. The van der Waals surface area contributed by atoms with Crippen molar-refractivity contribution < 1.29 is 19.0 Å². The van der Waals surface area contributed by atoms with E-state index in [1.807, 2.05) is 31.2 Å². The Morgan fingerprint density at radius 1 is 1.42 bits per heavy atom. The molecule has 1 atom stereocenters. The van der Waals surface area contributed by atoms with Gasteiger partial charge in [0.05, 0.1) is 0 Å². The molecule has 0 bridgehead atoms. The topological polar surface area (TPSA) is 70.8 Å². The standard InChI is InChI=1S/C13H18INO4/c1-3-8-13(18-9-17-2,19-12(15)16)10-6-4-5-7-11(10)14/h4-7H,3,8-9H2,1-2H3,(H2,15,16)/t13-/m1/s1. The van der Waals surface area contributed by atoms with Crippen molar-refractivity contribution in [3.8, 4) is 0 Å². The lowest BCUT2D eigenvalue weighted by Gasteiger charge is -2.33. The maximum atomic E-state index is 11.2. The number of methoxy groups -OCH3 is 1. The Morgan fingerprint density at radius 3 is 2.63 bits per heavy atom. The first-order chi connectivity index (χ1) is 9.05. The van der Waals surface area contributed by atoms with Gasteiger partial charge >= 0.3 is 6.09 Å². The Kier molecular flexibility index (Phi) is 6.53. The maximum Gasteiger partial charge on any atom is 0.407 e. The number of carbonyl (C=O) groups excluding carboxylic acids is 1. The molecule has 0 aliphatic heterocycles. The van der Waals surface area contributed by atoms with Gasteiger partial charge in [-0.25, -0.2) is 4.79 Å². The lowest BCUT2D eigenvalue weighted by atomic mass is 10.0.